The van der Waals surface area contributed by atoms with Crippen LogP contribution in [0.1, 0.15) is 11.4 Å². The molecule has 3 aromatic rings. The molecular weight excluding hydrogens is 264 g/mol. The van der Waals surface area contributed by atoms with Crippen molar-refractivity contribution >= 4 is 16.7 Å². The van der Waals surface area contributed by atoms with Crippen molar-refractivity contribution in [3.63, 3.8) is 0 Å². The summed E-state index contributed by atoms with van der Waals surface area (Å²) in [6, 6.07) is 11.6. The van der Waals surface area contributed by atoms with Crippen molar-refractivity contribution in [1.29, 1.82) is 5.26 Å². The van der Waals surface area contributed by atoms with Crippen LogP contribution in [-0.4, -0.2) is 26.3 Å². The van der Waals surface area contributed by atoms with Crippen molar-refractivity contribution in [3.8, 4) is 6.07 Å². The zero-order valence-electron chi connectivity index (χ0n) is 11.6. The molecule has 2 heterocycles. The Balaban J connectivity index is 1.78. The number of fused-ring (bicyclic) bond motifs is 1. The Labute approximate surface area is 122 Å². The Bertz CT molecular complexity index is 814. The number of anilines is 1. The van der Waals surface area contributed by atoms with E-state index in [1.807, 2.05) is 35.9 Å². The maximum absolute atomic E-state index is 9.24. The van der Waals surface area contributed by atoms with Gasteiger partial charge in [0.25, 0.3) is 0 Å². The molecule has 0 aliphatic heterocycles. The van der Waals surface area contributed by atoms with E-state index >= 15 is 0 Å². The van der Waals surface area contributed by atoms with E-state index in [0.717, 1.165) is 23.1 Å². The first kappa shape index (κ1) is 13.1. The van der Waals surface area contributed by atoms with Gasteiger partial charge in [0.05, 0.1) is 17.1 Å². The molecule has 1 N–H and O–H groups in total. The summed E-state index contributed by atoms with van der Waals surface area (Å²) in [5.41, 5.74) is 1.44. The molecule has 0 saturated heterocycles. The van der Waals surface area contributed by atoms with Gasteiger partial charge in [0, 0.05) is 25.4 Å². The summed E-state index contributed by atoms with van der Waals surface area (Å²) in [5.74, 6) is 1.61. The lowest BCUT2D eigenvalue weighted by Gasteiger charge is -2.07. The third-order valence-electron chi connectivity index (χ3n) is 3.30. The minimum absolute atomic E-state index is 0.627. The number of hydrogen-bond donors (Lipinski definition) is 1. The standard InChI is InChI=1S/C15H14N6/c1-21-10-18-20-15(21)6-7-17-14-8-11(9-16)12-4-2-3-5-13(12)19-14/h2-5,8,10H,6-7H2,1H3,(H,17,19). The second-order valence-corrected chi connectivity index (χ2v) is 4.72. The summed E-state index contributed by atoms with van der Waals surface area (Å²) in [6.45, 7) is 0.683. The summed E-state index contributed by atoms with van der Waals surface area (Å²) in [4.78, 5) is 4.52. The zero-order valence-corrected chi connectivity index (χ0v) is 11.6. The number of para-hydroxylation sites is 1. The van der Waals surface area contributed by atoms with Gasteiger partial charge in [0.1, 0.15) is 18.0 Å². The molecule has 1 aromatic carbocycles. The summed E-state index contributed by atoms with van der Waals surface area (Å²) in [7, 11) is 1.91. The van der Waals surface area contributed by atoms with E-state index in [1.165, 1.54) is 0 Å². The predicted octanol–water partition coefficient (Wildman–Crippen LogP) is 1.89. The molecule has 3 rings (SSSR count). The number of benzene rings is 1. The SMILES string of the molecule is Cn1cnnc1CCNc1cc(C#N)c2ccccc2n1. The van der Waals surface area contributed by atoms with Crippen molar-refractivity contribution in [2.45, 2.75) is 6.42 Å². The molecule has 0 aliphatic carbocycles. The first-order chi connectivity index (χ1) is 10.3. The third-order valence-corrected chi connectivity index (χ3v) is 3.30. The normalized spacial score (nSPS) is 10.5. The monoisotopic (exact) mass is 278 g/mol. The topological polar surface area (TPSA) is 79.4 Å². The maximum atomic E-state index is 9.24. The number of aromatic nitrogens is 4. The molecule has 0 unspecified atom stereocenters. The molecule has 0 aliphatic rings. The van der Waals surface area contributed by atoms with Crippen LogP contribution in [-0.2, 0) is 13.5 Å². The van der Waals surface area contributed by atoms with Crippen LogP contribution in [0.25, 0.3) is 10.9 Å². The van der Waals surface area contributed by atoms with Crippen molar-refractivity contribution in [2.75, 3.05) is 11.9 Å². The highest BCUT2D eigenvalue weighted by Gasteiger charge is 2.05. The molecule has 2 aromatic heterocycles. The average molecular weight is 278 g/mol. The van der Waals surface area contributed by atoms with Crippen LogP contribution in [0.2, 0.25) is 0 Å². The Kier molecular flexibility index (Phi) is 3.48. The smallest absolute Gasteiger partial charge is 0.134 e. The molecule has 21 heavy (non-hydrogen) atoms. The molecule has 0 spiro atoms. The van der Waals surface area contributed by atoms with Gasteiger partial charge in [-0.2, -0.15) is 5.26 Å². The fourth-order valence-electron chi connectivity index (χ4n) is 2.19. The van der Waals surface area contributed by atoms with Gasteiger partial charge in [-0.05, 0) is 12.1 Å². The Hall–Kier alpha value is -2.94. The van der Waals surface area contributed by atoms with E-state index in [0.29, 0.717) is 17.9 Å². The lowest BCUT2D eigenvalue weighted by atomic mass is 10.1. The minimum atomic E-state index is 0.627. The number of pyridine rings is 1. The molecule has 0 amide bonds. The summed E-state index contributed by atoms with van der Waals surface area (Å²) in [6.07, 6.45) is 2.42. The number of nitrogens with zero attached hydrogens (tertiary/aromatic N) is 5. The summed E-state index contributed by atoms with van der Waals surface area (Å²) >= 11 is 0. The van der Waals surface area contributed by atoms with E-state index in [4.69, 9.17) is 0 Å². The highest BCUT2D eigenvalue weighted by molar-refractivity contribution is 5.86. The van der Waals surface area contributed by atoms with Gasteiger partial charge in [-0.1, -0.05) is 18.2 Å². The molecule has 104 valence electrons. The fourth-order valence-corrected chi connectivity index (χ4v) is 2.19. The van der Waals surface area contributed by atoms with Gasteiger partial charge in [0.2, 0.25) is 0 Å². The highest BCUT2D eigenvalue weighted by atomic mass is 15.2. The molecular formula is C15H14N6. The highest BCUT2D eigenvalue weighted by Crippen LogP contribution is 2.19. The summed E-state index contributed by atoms with van der Waals surface area (Å²) in [5, 5.41) is 21.2. The quantitative estimate of drug-likeness (QED) is 0.788. The maximum Gasteiger partial charge on any atom is 0.134 e. The second-order valence-electron chi connectivity index (χ2n) is 4.72. The van der Waals surface area contributed by atoms with E-state index in [9.17, 15) is 5.26 Å². The number of aryl methyl sites for hydroxylation is 1. The second kappa shape index (κ2) is 5.59. The van der Waals surface area contributed by atoms with Gasteiger partial charge in [-0.15, -0.1) is 10.2 Å². The van der Waals surface area contributed by atoms with Crippen LogP contribution in [0.5, 0.6) is 0 Å². The van der Waals surface area contributed by atoms with Crippen LogP contribution < -0.4 is 5.32 Å². The Morgan fingerprint density at radius 3 is 2.95 bits per heavy atom. The van der Waals surface area contributed by atoms with E-state index < -0.39 is 0 Å². The van der Waals surface area contributed by atoms with Crippen LogP contribution in [0, 0.1) is 11.3 Å². The molecule has 0 fully saturated rings. The van der Waals surface area contributed by atoms with Crippen LogP contribution in [0.4, 0.5) is 5.82 Å². The predicted molar refractivity (Wildman–Crippen MR) is 79.7 cm³/mol. The lowest BCUT2D eigenvalue weighted by Crippen LogP contribution is -2.09. The molecule has 0 atom stereocenters. The Morgan fingerprint density at radius 1 is 1.33 bits per heavy atom. The van der Waals surface area contributed by atoms with E-state index in [2.05, 4.69) is 26.6 Å². The minimum Gasteiger partial charge on any atom is -0.370 e. The number of hydrogen-bond acceptors (Lipinski definition) is 5. The van der Waals surface area contributed by atoms with Crippen molar-refractivity contribution < 1.29 is 0 Å². The zero-order chi connectivity index (χ0) is 14.7. The first-order valence-electron chi connectivity index (χ1n) is 6.64. The van der Waals surface area contributed by atoms with Gasteiger partial charge in [0.15, 0.2) is 0 Å². The molecule has 6 nitrogen and oxygen atoms in total. The van der Waals surface area contributed by atoms with E-state index in [1.54, 1.807) is 12.4 Å². The molecule has 0 bridgehead atoms. The molecule has 6 heteroatoms. The third kappa shape index (κ3) is 2.67. The van der Waals surface area contributed by atoms with Gasteiger partial charge in [-0.25, -0.2) is 4.98 Å². The van der Waals surface area contributed by atoms with Crippen molar-refractivity contribution in [2.24, 2.45) is 7.05 Å². The first-order valence-corrected chi connectivity index (χ1v) is 6.64. The van der Waals surface area contributed by atoms with E-state index in [-0.39, 0.29) is 0 Å². The van der Waals surface area contributed by atoms with Gasteiger partial charge in [-0.3, -0.25) is 0 Å². The van der Waals surface area contributed by atoms with Crippen LogP contribution in [0.15, 0.2) is 36.7 Å². The summed E-state index contributed by atoms with van der Waals surface area (Å²) < 4.78 is 1.89. The number of rotatable bonds is 4. The largest absolute Gasteiger partial charge is 0.370 e. The van der Waals surface area contributed by atoms with Crippen molar-refractivity contribution in [3.05, 3.63) is 48.0 Å². The van der Waals surface area contributed by atoms with Gasteiger partial charge < -0.3 is 9.88 Å². The molecule has 0 saturated carbocycles. The Morgan fingerprint density at radius 2 is 2.19 bits per heavy atom. The van der Waals surface area contributed by atoms with Crippen LogP contribution >= 0.6 is 0 Å². The molecule has 0 radical (unpaired) electrons. The van der Waals surface area contributed by atoms with Crippen LogP contribution in [0.3, 0.4) is 0 Å². The fraction of sp³-hybridized carbons (Fsp3) is 0.200. The number of nitriles is 1. The van der Waals surface area contributed by atoms with Gasteiger partial charge >= 0.3 is 0 Å². The average Bonchev–Trinajstić information content (AvgIpc) is 2.92. The number of nitrogens with one attached hydrogen (secondary N) is 1. The lowest BCUT2D eigenvalue weighted by molar-refractivity contribution is 0.787. The van der Waals surface area contributed by atoms with Crippen molar-refractivity contribution in [1.82, 2.24) is 19.7 Å².